The molecule has 1 fully saturated rings. The van der Waals surface area contributed by atoms with E-state index < -0.39 is 11.6 Å². The SMILES string of the molecule is O=C(Nc1ccccc1Oc1cc(F)cc(F)c1)C1CCNC1. The first kappa shape index (κ1) is 15.4. The molecule has 2 aromatic carbocycles. The van der Waals surface area contributed by atoms with Crippen LogP contribution in [0.5, 0.6) is 11.5 Å². The summed E-state index contributed by atoms with van der Waals surface area (Å²) in [6.07, 6.45) is 0.782. The molecular weight excluding hydrogens is 302 g/mol. The van der Waals surface area contributed by atoms with Crippen LogP contribution in [0, 0.1) is 17.6 Å². The van der Waals surface area contributed by atoms with Gasteiger partial charge in [-0.15, -0.1) is 0 Å². The van der Waals surface area contributed by atoms with Crippen LogP contribution in [0.15, 0.2) is 42.5 Å². The lowest BCUT2D eigenvalue weighted by molar-refractivity contribution is -0.119. The van der Waals surface area contributed by atoms with Gasteiger partial charge < -0.3 is 15.4 Å². The maximum Gasteiger partial charge on any atom is 0.228 e. The Morgan fingerprint density at radius 3 is 2.61 bits per heavy atom. The lowest BCUT2D eigenvalue weighted by Crippen LogP contribution is -2.24. The van der Waals surface area contributed by atoms with E-state index in [2.05, 4.69) is 10.6 Å². The maximum atomic E-state index is 13.2. The Morgan fingerprint density at radius 2 is 1.91 bits per heavy atom. The average Bonchev–Trinajstić information content (AvgIpc) is 3.02. The van der Waals surface area contributed by atoms with Gasteiger partial charge in [0.15, 0.2) is 5.75 Å². The number of para-hydroxylation sites is 2. The number of amides is 1. The molecule has 0 spiro atoms. The fraction of sp³-hybridized carbons (Fsp3) is 0.235. The fourth-order valence-electron chi connectivity index (χ4n) is 2.49. The Morgan fingerprint density at radius 1 is 1.17 bits per heavy atom. The summed E-state index contributed by atoms with van der Waals surface area (Å²) < 4.78 is 32.0. The highest BCUT2D eigenvalue weighted by Crippen LogP contribution is 2.30. The molecule has 1 amide bonds. The van der Waals surface area contributed by atoms with Crippen molar-refractivity contribution in [2.24, 2.45) is 5.92 Å². The van der Waals surface area contributed by atoms with Gasteiger partial charge in [0.1, 0.15) is 17.4 Å². The fourth-order valence-corrected chi connectivity index (χ4v) is 2.49. The van der Waals surface area contributed by atoms with Gasteiger partial charge in [-0.3, -0.25) is 4.79 Å². The molecule has 1 saturated heterocycles. The highest BCUT2D eigenvalue weighted by molar-refractivity contribution is 5.94. The summed E-state index contributed by atoms with van der Waals surface area (Å²) in [4.78, 5) is 12.2. The van der Waals surface area contributed by atoms with Crippen LogP contribution in [0.4, 0.5) is 14.5 Å². The van der Waals surface area contributed by atoms with E-state index in [4.69, 9.17) is 4.74 Å². The van der Waals surface area contributed by atoms with E-state index in [0.717, 1.165) is 31.2 Å². The summed E-state index contributed by atoms with van der Waals surface area (Å²) in [6.45, 7) is 1.46. The van der Waals surface area contributed by atoms with Gasteiger partial charge >= 0.3 is 0 Å². The first-order valence-electron chi connectivity index (χ1n) is 7.36. The van der Waals surface area contributed by atoms with E-state index in [9.17, 15) is 13.6 Å². The van der Waals surface area contributed by atoms with Crippen molar-refractivity contribution >= 4 is 11.6 Å². The molecule has 1 heterocycles. The van der Waals surface area contributed by atoms with Gasteiger partial charge in [0.25, 0.3) is 0 Å². The predicted octanol–water partition coefficient (Wildman–Crippen LogP) is 3.31. The van der Waals surface area contributed by atoms with Crippen LogP contribution in [-0.2, 0) is 4.79 Å². The standard InChI is InChI=1S/C17H16F2N2O2/c18-12-7-13(19)9-14(8-12)23-16-4-2-1-3-15(16)21-17(22)11-5-6-20-10-11/h1-4,7-9,11,20H,5-6,10H2,(H,21,22). The largest absolute Gasteiger partial charge is 0.455 e. The number of nitrogens with one attached hydrogen (secondary N) is 2. The molecule has 2 aromatic rings. The molecule has 6 heteroatoms. The maximum absolute atomic E-state index is 13.2. The molecule has 3 rings (SSSR count). The third-order valence-corrected chi connectivity index (χ3v) is 3.64. The van der Waals surface area contributed by atoms with Crippen LogP contribution in [0.25, 0.3) is 0 Å². The lowest BCUT2D eigenvalue weighted by atomic mass is 10.1. The quantitative estimate of drug-likeness (QED) is 0.909. The number of hydrogen-bond acceptors (Lipinski definition) is 3. The number of hydrogen-bond donors (Lipinski definition) is 2. The molecule has 0 aliphatic carbocycles. The number of carbonyl (C=O) groups excluding carboxylic acids is 1. The summed E-state index contributed by atoms with van der Waals surface area (Å²) in [6, 6.07) is 9.73. The van der Waals surface area contributed by atoms with Crippen molar-refractivity contribution in [3.05, 3.63) is 54.1 Å². The van der Waals surface area contributed by atoms with Crippen LogP contribution in [0.2, 0.25) is 0 Å². The van der Waals surface area contributed by atoms with Crippen molar-refractivity contribution in [2.45, 2.75) is 6.42 Å². The molecule has 1 atom stereocenters. The molecule has 4 nitrogen and oxygen atoms in total. The number of anilines is 1. The Hall–Kier alpha value is -2.47. The number of rotatable bonds is 4. The summed E-state index contributed by atoms with van der Waals surface area (Å²) in [5.41, 5.74) is 0.467. The Labute approximate surface area is 132 Å². The van der Waals surface area contributed by atoms with Crippen molar-refractivity contribution in [3.63, 3.8) is 0 Å². The zero-order valence-corrected chi connectivity index (χ0v) is 12.3. The summed E-state index contributed by atoms with van der Waals surface area (Å²) in [5.74, 6) is -1.27. The highest BCUT2D eigenvalue weighted by atomic mass is 19.1. The molecule has 120 valence electrons. The average molecular weight is 318 g/mol. The summed E-state index contributed by atoms with van der Waals surface area (Å²) in [7, 11) is 0. The van der Waals surface area contributed by atoms with Gasteiger partial charge in [-0.2, -0.15) is 0 Å². The lowest BCUT2D eigenvalue weighted by Gasteiger charge is -2.14. The minimum Gasteiger partial charge on any atom is -0.455 e. The van der Waals surface area contributed by atoms with E-state index in [1.807, 2.05) is 0 Å². The number of halogens is 2. The monoisotopic (exact) mass is 318 g/mol. The molecule has 0 saturated carbocycles. The zero-order valence-electron chi connectivity index (χ0n) is 12.3. The van der Waals surface area contributed by atoms with Gasteiger partial charge in [0, 0.05) is 24.7 Å². The van der Waals surface area contributed by atoms with Crippen molar-refractivity contribution in [2.75, 3.05) is 18.4 Å². The second-order valence-corrected chi connectivity index (χ2v) is 5.38. The normalized spacial score (nSPS) is 17.0. The molecule has 2 N–H and O–H groups in total. The van der Waals surface area contributed by atoms with Crippen molar-refractivity contribution in [1.29, 1.82) is 0 Å². The molecule has 1 unspecified atom stereocenters. The van der Waals surface area contributed by atoms with Crippen molar-refractivity contribution in [1.82, 2.24) is 5.32 Å². The molecular formula is C17H16F2N2O2. The highest BCUT2D eigenvalue weighted by Gasteiger charge is 2.23. The van der Waals surface area contributed by atoms with E-state index in [1.165, 1.54) is 0 Å². The summed E-state index contributed by atoms with van der Waals surface area (Å²) in [5, 5.41) is 5.94. The van der Waals surface area contributed by atoms with Crippen molar-refractivity contribution < 1.29 is 18.3 Å². The van der Waals surface area contributed by atoms with Crippen LogP contribution >= 0.6 is 0 Å². The third-order valence-electron chi connectivity index (χ3n) is 3.64. The molecule has 1 aliphatic rings. The first-order chi connectivity index (χ1) is 11.1. The van der Waals surface area contributed by atoms with Gasteiger partial charge in [-0.05, 0) is 25.1 Å². The second-order valence-electron chi connectivity index (χ2n) is 5.38. The molecule has 23 heavy (non-hydrogen) atoms. The number of carbonyl (C=O) groups is 1. The first-order valence-corrected chi connectivity index (χ1v) is 7.36. The predicted molar refractivity (Wildman–Crippen MR) is 82.5 cm³/mol. The van der Waals surface area contributed by atoms with Crippen LogP contribution in [0.1, 0.15) is 6.42 Å². The van der Waals surface area contributed by atoms with Crippen LogP contribution in [0.3, 0.4) is 0 Å². The molecule has 0 radical (unpaired) electrons. The minimum atomic E-state index is -0.724. The number of benzene rings is 2. The molecule has 0 bridgehead atoms. The topological polar surface area (TPSA) is 50.4 Å². The molecule has 1 aliphatic heterocycles. The Bertz CT molecular complexity index is 695. The minimum absolute atomic E-state index is 0.0340. The smallest absolute Gasteiger partial charge is 0.228 e. The van der Waals surface area contributed by atoms with Gasteiger partial charge in [-0.1, -0.05) is 12.1 Å². The van der Waals surface area contributed by atoms with Crippen molar-refractivity contribution in [3.8, 4) is 11.5 Å². The van der Waals surface area contributed by atoms with E-state index >= 15 is 0 Å². The third kappa shape index (κ3) is 3.84. The Kier molecular flexibility index (Phi) is 4.52. The Balaban J connectivity index is 1.78. The summed E-state index contributed by atoms with van der Waals surface area (Å²) >= 11 is 0. The molecule has 0 aromatic heterocycles. The van der Waals surface area contributed by atoms with E-state index in [-0.39, 0.29) is 17.6 Å². The zero-order chi connectivity index (χ0) is 16.2. The van der Waals surface area contributed by atoms with Gasteiger partial charge in [0.05, 0.1) is 11.6 Å². The van der Waals surface area contributed by atoms with Crippen LogP contribution in [-0.4, -0.2) is 19.0 Å². The van der Waals surface area contributed by atoms with Crippen LogP contribution < -0.4 is 15.4 Å². The van der Waals surface area contributed by atoms with E-state index in [0.29, 0.717) is 18.0 Å². The second kappa shape index (κ2) is 6.75. The van der Waals surface area contributed by atoms with Gasteiger partial charge in [-0.25, -0.2) is 8.78 Å². The van der Waals surface area contributed by atoms with Gasteiger partial charge in [0.2, 0.25) is 5.91 Å². The van der Waals surface area contributed by atoms with E-state index in [1.54, 1.807) is 24.3 Å². The number of ether oxygens (including phenoxy) is 1.